The number of alkyl halides is 5. The summed E-state index contributed by atoms with van der Waals surface area (Å²) in [5.41, 5.74) is -0.558. The zero-order valence-corrected chi connectivity index (χ0v) is 14.4. The van der Waals surface area contributed by atoms with Crippen LogP contribution in [-0.2, 0) is 6.18 Å². The van der Waals surface area contributed by atoms with Gasteiger partial charge in [0, 0.05) is 43.1 Å². The molecule has 0 unspecified atom stereocenters. The van der Waals surface area contributed by atoms with Gasteiger partial charge in [-0.1, -0.05) is 15.9 Å². The van der Waals surface area contributed by atoms with Gasteiger partial charge in [0.15, 0.2) is 0 Å². The summed E-state index contributed by atoms with van der Waals surface area (Å²) in [4.78, 5) is 1.81. The lowest BCUT2D eigenvalue weighted by Crippen LogP contribution is -2.45. The van der Waals surface area contributed by atoms with E-state index in [4.69, 9.17) is 0 Å². The van der Waals surface area contributed by atoms with Crippen molar-refractivity contribution in [3.05, 3.63) is 33.8 Å². The predicted molar refractivity (Wildman–Crippen MR) is 84.2 cm³/mol. The highest BCUT2D eigenvalue weighted by Gasteiger charge is 2.33. The van der Waals surface area contributed by atoms with Crippen LogP contribution in [0.25, 0.3) is 0 Å². The highest BCUT2D eigenvalue weighted by Crippen LogP contribution is 2.37. The third-order valence-corrected chi connectivity index (χ3v) is 4.40. The number of halogens is 7. The lowest BCUT2D eigenvalue weighted by atomic mass is 9.99. The Kier molecular flexibility index (Phi) is 7.70. The Hall–Kier alpha value is -0.440. The zero-order valence-electron chi connectivity index (χ0n) is 12.0. The average molecular weight is 424 g/mol. The summed E-state index contributed by atoms with van der Waals surface area (Å²) in [5, 5.41) is 3.10. The topological polar surface area (TPSA) is 15.3 Å². The van der Waals surface area contributed by atoms with Crippen LogP contribution in [0.15, 0.2) is 22.7 Å². The van der Waals surface area contributed by atoms with Gasteiger partial charge in [-0.15, -0.1) is 12.4 Å². The molecule has 1 aliphatic heterocycles. The highest BCUT2D eigenvalue weighted by atomic mass is 79.9. The summed E-state index contributed by atoms with van der Waals surface area (Å²) in [5.74, 6) is 0. The fourth-order valence-electron chi connectivity index (χ4n) is 2.61. The largest absolute Gasteiger partial charge is 0.416 e. The van der Waals surface area contributed by atoms with Gasteiger partial charge < -0.3 is 5.32 Å². The summed E-state index contributed by atoms with van der Waals surface area (Å²) >= 11 is 3.20. The van der Waals surface area contributed by atoms with Crippen LogP contribution in [0.4, 0.5) is 22.0 Å². The molecular weight excluding hydrogens is 407 g/mol. The van der Waals surface area contributed by atoms with E-state index in [1.807, 2.05) is 4.90 Å². The number of piperazine rings is 1. The van der Waals surface area contributed by atoms with Crippen LogP contribution in [0, 0.1) is 0 Å². The molecule has 0 amide bonds. The van der Waals surface area contributed by atoms with Crippen molar-refractivity contribution in [1.29, 1.82) is 0 Å². The van der Waals surface area contributed by atoms with E-state index in [9.17, 15) is 22.0 Å². The zero-order chi connectivity index (χ0) is 16.3. The quantitative estimate of drug-likeness (QED) is 0.718. The monoisotopic (exact) mass is 422 g/mol. The number of nitrogens with one attached hydrogen (secondary N) is 1. The number of hydrogen-bond donors (Lipinski definition) is 1. The van der Waals surface area contributed by atoms with Crippen LogP contribution < -0.4 is 5.32 Å². The fraction of sp³-hybridized carbons (Fsp3) is 0.571. The van der Waals surface area contributed by atoms with Crippen LogP contribution in [0.3, 0.4) is 0 Å². The normalized spacial score (nSPS) is 17.9. The van der Waals surface area contributed by atoms with Gasteiger partial charge in [-0.2, -0.15) is 13.2 Å². The highest BCUT2D eigenvalue weighted by molar-refractivity contribution is 9.10. The lowest BCUT2D eigenvalue weighted by Gasteiger charge is -2.35. The molecule has 0 aromatic heterocycles. The van der Waals surface area contributed by atoms with Gasteiger partial charge in [0.1, 0.15) is 0 Å². The van der Waals surface area contributed by atoms with Crippen molar-refractivity contribution in [2.24, 2.45) is 0 Å². The van der Waals surface area contributed by atoms with Crippen molar-refractivity contribution < 1.29 is 22.0 Å². The van der Waals surface area contributed by atoms with Crippen LogP contribution in [0.1, 0.15) is 23.6 Å². The first-order valence-corrected chi connectivity index (χ1v) is 7.68. The molecule has 2 nitrogen and oxygen atoms in total. The predicted octanol–water partition coefficient (Wildman–Crippen LogP) is 4.49. The Labute approximate surface area is 146 Å². The van der Waals surface area contributed by atoms with Gasteiger partial charge in [-0.05, 0) is 23.8 Å². The minimum absolute atomic E-state index is 0. The number of rotatable bonds is 4. The van der Waals surface area contributed by atoms with Gasteiger partial charge in [0.05, 0.1) is 5.56 Å². The van der Waals surface area contributed by atoms with E-state index in [0.29, 0.717) is 30.7 Å². The fourth-order valence-corrected chi connectivity index (χ4v) is 3.12. The van der Waals surface area contributed by atoms with Gasteiger partial charge in [0.25, 0.3) is 0 Å². The smallest absolute Gasteiger partial charge is 0.314 e. The molecule has 23 heavy (non-hydrogen) atoms. The van der Waals surface area contributed by atoms with Crippen molar-refractivity contribution in [1.82, 2.24) is 10.2 Å². The van der Waals surface area contributed by atoms with E-state index in [-0.39, 0.29) is 18.0 Å². The van der Waals surface area contributed by atoms with Crippen LogP contribution >= 0.6 is 28.3 Å². The summed E-state index contributed by atoms with van der Waals surface area (Å²) in [6, 6.07) is 2.46. The van der Waals surface area contributed by atoms with Gasteiger partial charge in [-0.3, -0.25) is 4.90 Å². The maximum atomic E-state index is 12.9. The first kappa shape index (κ1) is 20.6. The molecule has 1 aromatic rings. The van der Waals surface area contributed by atoms with E-state index in [1.165, 1.54) is 6.07 Å². The van der Waals surface area contributed by atoms with Crippen molar-refractivity contribution >= 4 is 28.3 Å². The molecule has 1 aromatic carbocycles. The Balaban J connectivity index is 0.00000264. The molecule has 1 N–H and O–H groups in total. The number of hydrogen-bond acceptors (Lipinski definition) is 2. The first-order chi connectivity index (χ1) is 10.3. The van der Waals surface area contributed by atoms with E-state index in [0.717, 1.165) is 12.1 Å². The summed E-state index contributed by atoms with van der Waals surface area (Å²) in [6.45, 7) is 2.33. The summed E-state index contributed by atoms with van der Waals surface area (Å²) < 4.78 is 64.9. The molecular formula is C14H17BrClF5N2. The maximum absolute atomic E-state index is 12.9. The van der Waals surface area contributed by atoms with Crippen molar-refractivity contribution in [3.8, 4) is 0 Å². The molecule has 9 heteroatoms. The molecule has 1 atom stereocenters. The second kappa shape index (κ2) is 8.60. The molecule has 0 radical (unpaired) electrons. The van der Waals surface area contributed by atoms with E-state index in [1.54, 1.807) is 0 Å². The van der Waals surface area contributed by atoms with Gasteiger partial charge in [0.2, 0.25) is 6.43 Å². The van der Waals surface area contributed by atoms with Crippen molar-refractivity contribution in [3.63, 3.8) is 0 Å². The van der Waals surface area contributed by atoms with Gasteiger partial charge in [-0.25, -0.2) is 8.78 Å². The van der Waals surface area contributed by atoms with E-state index in [2.05, 4.69) is 21.2 Å². The minimum atomic E-state index is -4.49. The lowest BCUT2D eigenvalue weighted by molar-refractivity contribution is -0.137. The molecule has 1 heterocycles. The molecule has 0 saturated carbocycles. The summed E-state index contributed by atoms with van der Waals surface area (Å²) in [6.07, 6.45) is -7.56. The third kappa shape index (κ3) is 5.55. The van der Waals surface area contributed by atoms with Crippen molar-refractivity contribution in [2.45, 2.75) is 25.1 Å². The maximum Gasteiger partial charge on any atom is 0.416 e. The second-order valence-corrected chi connectivity index (χ2v) is 6.02. The molecule has 1 fully saturated rings. The molecule has 0 spiro atoms. The van der Waals surface area contributed by atoms with Crippen LogP contribution in [0.5, 0.6) is 0 Å². The SMILES string of the molecule is Cl.FC(F)C[C@H](c1cc(C(F)(F)F)ccc1Br)N1CCNCC1. The number of nitrogens with zero attached hydrogens (tertiary/aromatic N) is 1. The Morgan fingerprint density at radius 3 is 2.30 bits per heavy atom. The molecule has 2 rings (SSSR count). The van der Waals surface area contributed by atoms with Crippen LogP contribution in [0.2, 0.25) is 0 Å². The van der Waals surface area contributed by atoms with Gasteiger partial charge >= 0.3 is 6.18 Å². The minimum Gasteiger partial charge on any atom is -0.314 e. The Morgan fingerprint density at radius 1 is 1.17 bits per heavy atom. The average Bonchev–Trinajstić information content (AvgIpc) is 2.45. The van der Waals surface area contributed by atoms with Crippen molar-refractivity contribution in [2.75, 3.05) is 26.2 Å². The molecule has 1 aliphatic rings. The third-order valence-electron chi connectivity index (χ3n) is 3.68. The standard InChI is InChI=1S/C14H16BrF5N2.ClH/c15-11-2-1-9(14(18,19)20)7-10(11)12(8-13(16)17)22-5-3-21-4-6-22;/h1-2,7,12-13,21H,3-6,8H2;1H/t12-;/m1./s1. The van der Waals surface area contributed by atoms with E-state index >= 15 is 0 Å². The second-order valence-electron chi connectivity index (χ2n) is 5.16. The Morgan fingerprint density at radius 2 is 1.78 bits per heavy atom. The Bertz CT molecular complexity index is 506. The molecule has 1 saturated heterocycles. The van der Waals surface area contributed by atoms with E-state index < -0.39 is 30.6 Å². The molecule has 0 aliphatic carbocycles. The molecule has 132 valence electrons. The summed E-state index contributed by atoms with van der Waals surface area (Å²) in [7, 11) is 0. The molecule has 0 bridgehead atoms. The first-order valence-electron chi connectivity index (χ1n) is 6.88. The van der Waals surface area contributed by atoms with Crippen LogP contribution in [-0.4, -0.2) is 37.5 Å². The number of benzene rings is 1.